The molecule has 1 aromatic carbocycles. The van der Waals surface area contributed by atoms with Crippen LogP contribution in [-0.4, -0.2) is 17.2 Å². The molecular formula is C17H25NO3. The normalized spacial score (nSPS) is 25.8. The third-order valence-corrected chi connectivity index (χ3v) is 4.48. The molecule has 0 radical (unpaired) electrons. The first-order chi connectivity index (χ1) is 9.88. The Morgan fingerprint density at radius 1 is 1.38 bits per heavy atom. The highest BCUT2D eigenvalue weighted by Gasteiger charge is 2.33. The standard InChI is InChI=1S/C17H25NO3/c1-10(2)13-6-4-11(3)8-16(13)21-17(20)14-9-12(19)5-7-15(14)18/h5,7,9-11,13,16,19H,4,6,8,18H2,1-3H3. The van der Waals surface area contributed by atoms with Crippen LogP contribution in [0.2, 0.25) is 0 Å². The summed E-state index contributed by atoms with van der Waals surface area (Å²) in [5, 5.41) is 9.51. The van der Waals surface area contributed by atoms with Gasteiger partial charge in [0.05, 0.1) is 5.56 Å². The lowest BCUT2D eigenvalue weighted by atomic mass is 9.75. The van der Waals surface area contributed by atoms with Gasteiger partial charge in [0, 0.05) is 5.69 Å². The van der Waals surface area contributed by atoms with E-state index in [0.29, 0.717) is 23.4 Å². The highest BCUT2D eigenvalue weighted by atomic mass is 16.5. The molecule has 0 aliphatic heterocycles. The number of benzene rings is 1. The number of esters is 1. The summed E-state index contributed by atoms with van der Waals surface area (Å²) in [5.74, 6) is 1.03. The van der Waals surface area contributed by atoms with Gasteiger partial charge in [0.1, 0.15) is 11.9 Å². The molecule has 3 atom stereocenters. The maximum atomic E-state index is 12.3. The monoisotopic (exact) mass is 291 g/mol. The smallest absolute Gasteiger partial charge is 0.340 e. The summed E-state index contributed by atoms with van der Waals surface area (Å²) in [6.07, 6.45) is 3.10. The summed E-state index contributed by atoms with van der Waals surface area (Å²) in [6.45, 7) is 6.54. The fourth-order valence-electron chi connectivity index (χ4n) is 3.17. The van der Waals surface area contributed by atoms with E-state index in [1.54, 1.807) is 0 Å². The van der Waals surface area contributed by atoms with Gasteiger partial charge < -0.3 is 15.6 Å². The molecule has 4 nitrogen and oxygen atoms in total. The Bertz CT molecular complexity index is 513. The molecule has 0 amide bonds. The molecule has 4 heteroatoms. The van der Waals surface area contributed by atoms with E-state index in [2.05, 4.69) is 20.8 Å². The number of nitrogens with two attached hydrogens (primary N) is 1. The Kier molecular flexibility index (Phi) is 4.76. The summed E-state index contributed by atoms with van der Waals surface area (Å²) in [6, 6.07) is 4.36. The molecule has 1 aliphatic carbocycles. The van der Waals surface area contributed by atoms with Crippen molar-refractivity contribution in [3.05, 3.63) is 23.8 Å². The second-order valence-electron chi connectivity index (χ2n) is 6.54. The lowest BCUT2D eigenvalue weighted by Gasteiger charge is -2.36. The van der Waals surface area contributed by atoms with Crippen LogP contribution in [0.15, 0.2) is 18.2 Å². The van der Waals surface area contributed by atoms with Crippen molar-refractivity contribution < 1.29 is 14.6 Å². The van der Waals surface area contributed by atoms with Crippen LogP contribution in [0.5, 0.6) is 5.75 Å². The number of carbonyl (C=O) groups excluding carboxylic acids is 1. The van der Waals surface area contributed by atoms with Crippen molar-refractivity contribution in [3.8, 4) is 5.75 Å². The number of rotatable bonds is 3. The summed E-state index contributed by atoms with van der Waals surface area (Å²) in [7, 11) is 0. The minimum atomic E-state index is -0.437. The number of anilines is 1. The van der Waals surface area contributed by atoms with Gasteiger partial charge in [-0.05, 0) is 48.8 Å². The van der Waals surface area contributed by atoms with Crippen molar-refractivity contribution in [1.29, 1.82) is 0 Å². The minimum absolute atomic E-state index is 0.0218. The fraction of sp³-hybridized carbons (Fsp3) is 0.588. The third kappa shape index (κ3) is 3.69. The SMILES string of the molecule is CC1CCC(C(C)C)C(OC(=O)c2cc(O)ccc2N)C1. The topological polar surface area (TPSA) is 72.5 Å². The summed E-state index contributed by atoms with van der Waals surface area (Å²) < 4.78 is 5.73. The molecule has 0 bridgehead atoms. The molecule has 1 fully saturated rings. The van der Waals surface area contributed by atoms with Gasteiger partial charge in [-0.2, -0.15) is 0 Å². The molecule has 3 unspecified atom stereocenters. The van der Waals surface area contributed by atoms with E-state index in [1.165, 1.54) is 24.6 Å². The largest absolute Gasteiger partial charge is 0.508 e. The first kappa shape index (κ1) is 15.7. The van der Waals surface area contributed by atoms with E-state index in [-0.39, 0.29) is 17.4 Å². The van der Waals surface area contributed by atoms with Gasteiger partial charge >= 0.3 is 5.97 Å². The maximum absolute atomic E-state index is 12.3. The van der Waals surface area contributed by atoms with Gasteiger partial charge in [-0.25, -0.2) is 4.79 Å². The van der Waals surface area contributed by atoms with Crippen molar-refractivity contribution >= 4 is 11.7 Å². The van der Waals surface area contributed by atoms with Crippen LogP contribution in [-0.2, 0) is 4.74 Å². The molecule has 0 aromatic heterocycles. The Balaban J connectivity index is 2.14. The van der Waals surface area contributed by atoms with Crippen molar-refractivity contribution in [1.82, 2.24) is 0 Å². The number of nitrogen functional groups attached to an aromatic ring is 1. The van der Waals surface area contributed by atoms with E-state index >= 15 is 0 Å². The molecule has 0 heterocycles. The van der Waals surface area contributed by atoms with Gasteiger partial charge in [0.15, 0.2) is 0 Å². The van der Waals surface area contributed by atoms with Gasteiger partial charge in [0.25, 0.3) is 0 Å². The number of ether oxygens (including phenoxy) is 1. The summed E-state index contributed by atoms with van der Waals surface area (Å²) in [4.78, 5) is 12.3. The fourth-order valence-corrected chi connectivity index (χ4v) is 3.17. The predicted octanol–water partition coefficient (Wildman–Crippen LogP) is 3.59. The van der Waals surface area contributed by atoms with Crippen LogP contribution < -0.4 is 5.73 Å². The van der Waals surface area contributed by atoms with Crippen molar-refractivity contribution in [2.45, 2.75) is 46.1 Å². The van der Waals surface area contributed by atoms with Crippen LogP contribution in [0.25, 0.3) is 0 Å². The molecule has 0 spiro atoms. The van der Waals surface area contributed by atoms with Gasteiger partial charge in [-0.15, -0.1) is 0 Å². The van der Waals surface area contributed by atoms with Crippen LogP contribution in [0.4, 0.5) is 5.69 Å². The van der Waals surface area contributed by atoms with Crippen LogP contribution in [0.3, 0.4) is 0 Å². The molecule has 1 aliphatic rings. The molecule has 1 aromatic rings. The quantitative estimate of drug-likeness (QED) is 0.507. The molecule has 2 rings (SSSR count). The van der Waals surface area contributed by atoms with Crippen LogP contribution >= 0.6 is 0 Å². The Morgan fingerprint density at radius 2 is 2.10 bits per heavy atom. The molecule has 21 heavy (non-hydrogen) atoms. The third-order valence-electron chi connectivity index (χ3n) is 4.48. The first-order valence-electron chi connectivity index (χ1n) is 7.68. The highest BCUT2D eigenvalue weighted by molar-refractivity contribution is 5.95. The molecule has 116 valence electrons. The average Bonchev–Trinajstić information content (AvgIpc) is 2.41. The van der Waals surface area contributed by atoms with E-state index in [1.807, 2.05) is 0 Å². The molecule has 0 saturated heterocycles. The number of hydrogen-bond donors (Lipinski definition) is 2. The zero-order valence-corrected chi connectivity index (χ0v) is 13.0. The average molecular weight is 291 g/mol. The second kappa shape index (κ2) is 6.37. The van der Waals surface area contributed by atoms with Gasteiger partial charge in [-0.3, -0.25) is 0 Å². The number of hydrogen-bond acceptors (Lipinski definition) is 4. The van der Waals surface area contributed by atoms with Crippen LogP contribution in [0.1, 0.15) is 50.4 Å². The van der Waals surface area contributed by atoms with Gasteiger partial charge in [-0.1, -0.05) is 27.2 Å². The Hall–Kier alpha value is -1.71. The lowest BCUT2D eigenvalue weighted by molar-refractivity contribution is -0.0173. The summed E-state index contributed by atoms with van der Waals surface area (Å²) >= 11 is 0. The van der Waals surface area contributed by atoms with Crippen molar-refractivity contribution in [2.24, 2.45) is 17.8 Å². The van der Waals surface area contributed by atoms with E-state index in [9.17, 15) is 9.90 Å². The zero-order chi connectivity index (χ0) is 15.6. The number of phenols is 1. The van der Waals surface area contributed by atoms with E-state index in [0.717, 1.165) is 12.8 Å². The predicted molar refractivity (Wildman–Crippen MR) is 83.1 cm³/mol. The van der Waals surface area contributed by atoms with Crippen molar-refractivity contribution in [2.75, 3.05) is 5.73 Å². The lowest BCUT2D eigenvalue weighted by Crippen LogP contribution is -2.36. The van der Waals surface area contributed by atoms with Gasteiger partial charge in [0.2, 0.25) is 0 Å². The Labute approximate surface area is 126 Å². The minimum Gasteiger partial charge on any atom is -0.508 e. The first-order valence-corrected chi connectivity index (χ1v) is 7.68. The van der Waals surface area contributed by atoms with Crippen LogP contribution in [0, 0.1) is 17.8 Å². The molecule has 1 saturated carbocycles. The van der Waals surface area contributed by atoms with Crippen molar-refractivity contribution in [3.63, 3.8) is 0 Å². The summed E-state index contributed by atoms with van der Waals surface area (Å²) in [5.41, 5.74) is 6.39. The zero-order valence-electron chi connectivity index (χ0n) is 13.0. The van der Waals surface area contributed by atoms with E-state index in [4.69, 9.17) is 10.5 Å². The second-order valence-corrected chi connectivity index (χ2v) is 6.54. The number of carbonyl (C=O) groups is 1. The van der Waals surface area contributed by atoms with E-state index < -0.39 is 5.97 Å². The molecular weight excluding hydrogens is 266 g/mol. The molecule has 3 N–H and O–H groups in total. The Morgan fingerprint density at radius 3 is 2.76 bits per heavy atom. The number of aromatic hydroxyl groups is 1. The number of phenolic OH excluding ortho intramolecular Hbond substituents is 1. The highest BCUT2D eigenvalue weighted by Crippen LogP contribution is 2.36. The maximum Gasteiger partial charge on any atom is 0.340 e.